The zero-order valence-corrected chi connectivity index (χ0v) is 21.3. The molecule has 0 N–H and O–H groups in total. The average Bonchev–Trinajstić information content (AvgIpc) is 3.23. The van der Waals surface area contributed by atoms with E-state index in [1.807, 2.05) is 0 Å². The monoisotopic (exact) mass is 594 g/mol. The van der Waals surface area contributed by atoms with Crippen LogP contribution in [0.3, 0.4) is 0 Å². The molecule has 196 valence electrons. The molecule has 0 saturated carbocycles. The fraction of sp³-hybridized carbons (Fsp3) is 0.172. The molecule has 6 rings (SSSR count). The van der Waals surface area contributed by atoms with E-state index < -0.39 is 47.4 Å². The molecule has 2 aliphatic rings. The van der Waals surface area contributed by atoms with Gasteiger partial charge in [0, 0.05) is 0 Å². The predicted molar refractivity (Wildman–Crippen MR) is 131 cm³/mol. The Bertz CT molecular complexity index is 1400. The molecule has 4 aromatic carbocycles. The Morgan fingerprint density at radius 1 is 0.553 bits per heavy atom. The quantitative estimate of drug-likeness (QED) is 0.189. The van der Waals surface area contributed by atoms with Crippen LogP contribution in [-0.2, 0) is 18.8 Å². The van der Waals surface area contributed by atoms with Crippen LogP contribution < -0.4 is 4.46 Å². The molecule has 0 bridgehead atoms. The number of benzene rings is 4. The molecule has 2 atom stereocenters. The van der Waals surface area contributed by atoms with E-state index in [-0.39, 0.29) is 4.46 Å². The Balaban J connectivity index is 1.68. The first-order valence-corrected chi connectivity index (χ1v) is 14.9. The number of hydrogen-bond acceptors (Lipinski definition) is 2. The van der Waals surface area contributed by atoms with Crippen LogP contribution >= 0.6 is 0 Å². The summed E-state index contributed by atoms with van der Waals surface area (Å²) >= 11 is -4.73. The summed E-state index contributed by atoms with van der Waals surface area (Å²) in [4.78, 5) is -0.947. The van der Waals surface area contributed by atoms with E-state index in [0.717, 1.165) is 6.07 Å². The number of halogens is 6. The summed E-state index contributed by atoms with van der Waals surface area (Å²) < 4.78 is 99.5. The standard InChI is InChI=1S/C29H20F6O2Se/c30-28(31,32)27(29(33,34)35)23-18-10-11-19-24(23)38(37-27)25(20-12-4-1-5-13-20)26(36-38,21-14-6-2-7-15-21)22-16-8-3-9-17-22/h1-19,25H/t25-/m0/s1. The van der Waals surface area contributed by atoms with Crippen LogP contribution in [0.4, 0.5) is 26.3 Å². The van der Waals surface area contributed by atoms with Gasteiger partial charge in [-0.05, 0) is 0 Å². The Morgan fingerprint density at radius 2 is 1.00 bits per heavy atom. The topological polar surface area (TPSA) is 18.5 Å². The third-order valence-electron chi connectivity index (χ3n) is 7.06. The fourth-order valence-corrected chi connectivity index (χ4v) is 13.7. The van der Waals surface area contributed by atoms with Crippen LogP contribution in [0.5, 0.6) is 0 Å². The van der Waals surface area contributed by atoms with E-state index in [9.17, 15) is 26.3 Å². The van der Waals surface area contributed by atoms with Crippen molar-refractivity contribution in [3.63, 3.8) is 0 Å². The van der Waals surface area contributed by atoms with Crippen molar-refractivity contribution in [3.05, 3.63) is 138 Å². The van der Waals surface area contributed by atoms with Crippen LogP contribution in [0.15, 0.2) is 115 Å². The molecule has 0 radical (unpaired) electrons. The van der Waals surface area contributed by atoms with Crippen LogP contribution in [0, 0.1) is 0 Å². The summed E-state index contributed by atoms with van der Waals surface area (Å²) in [5, 5.41) is 0. The molecule has 2 aliphatic heterocycles. The number of hydrogen-bond donors (Lipinski definition) is 0. The van der Waals surface area contributed by atoms with Gasteiger partial charge in [-0.15, -0.1) is 0 Å². The molecule has 0 aromatic heterocycles. The van der Waals surface area contributed by atoms with Gasteiger partial charge in [0.15, 0.2) is 0 Å². The first kappa shape index (κ1) is 25.2. The van der Waals surface area contributed by atoms with Crippen molar-refractivity contribution in [1.29, 1.82) is 0 Å². The van der Waals surface area contributed by atoms with Gasteiger partial charge in [-0.2, -0.15) is 0 Å². The molecule has 2 heterocycles. The summed E-state index contributed by atoms with van der Waals surface area (Å²) in [6.45, 7) is 0. The van der Waals surface area contributed by atoms with Crippen molar-refractivity contribution in [2.45, 2.75) is 28.4 Å². The molecule has 38 heavy (non-hydrogen) atoms. The van der Waals surface area contributed by atoms with Gasteiger partial charge in [0.05, 0.1) is 0 Å². The molecule has 0 amide bonds. The zero-order valence-electron chi connectivity index (χ0n) is 19.5. The van der Waals surface area contributed by atoms with Crippen molar-refractivity contribution >= 4 is 18.0 Å². The molecule has 1 fully saturated rings. The van der Waals surface area contributed by atoms with E-state index in [2.05, 4.69) is 0 Å². The third-order valence-corrected chi connectivity index (χ3v) is 13.8. The second-order valence-electron chi connectivity index (χ2n) is 9.14. The maximum atomic E-state index is 14.6. The van der Waals surface area contributed by atoms with Gasteiger partial charge < -0.3 is 0 Å². The summed E-state index contributed by atoms with van der Waals surface area (Å²) in [5.41, 5.74) is -5.05. The molecule has 2 nitrogen and oxygen atoms in total. The van der Waals surface area contributed by atoms with Crippen LogP contribution in [-0.4, -0.2) is 25.9 Å². The van der Waals surface area contributed by atoms with Gasteiger partial charge in [0.2, 0.25) is 0 Å². The number of alkyl halides is 6. The van der Waals surface area contributed by atoms with Crippen molar-refractivity contribution in [2.24, 2.45) is 0 Å². The maximum absolute atomic E-state index is 14.6. The van der Waals surface area contributed by atoms with Crippen LogP contribution in [0.1, 0.15) is 27.1 Å². The van der Waals surface area contributed by atoms with Gasteiger partial charge in [-0.25, -0.2) is 0 Å². The molecule has 1 saturated heterocycles. The molecule has 9 heteroatoms. The van der Waals surface area contributed by atoms with E-state index in [4.69, 9.17) is 7.64 Å². The van der Waals surface area contributed by atoms with E-state index >= 15 is 0 Å². The molecule has 4 aromatic rings. The number of rotatable bonds is 3. The molecule has 0 aliphatic carbocycles. The van der Waals surface area contributed by atoms with E-state index in [1.54, 1.807) is 91.0 Å². The van der Waals surface area contributed by atoms with Crippen molar-refractivity contribution < 1.29 is 34.0 Å². The van der Waals surface area contributed by atoms with Gasteiger partial charge in [-0.3, -0.25) is 0 Å². The minimum atomic E-state index is -5.77. The summed E-state index contributed by atoms with van der Waals surface area (Å²) in [6, 6.07) is 31.0. The molecular weight excluding hydrogens is 573 g/mol. The van der Waals surface area contributed by atoms with Gasteiger partial charge in [0.25, 0.3) is 0 Å². The van der Waals surface area contributed by atoms with Gasteiger partial charge >= 0.3 is 218 Å². The average molecular weight is 593 g/mol. The Hall–Kier alpha value is -3.10. The van der Waals surface area contributed by atoms with Gasteiger partial charge in [-0.1, -0.05) is 0 Å². The Labute approximate surface area is 217 Å². The third kappa shape index (κ3) is 3.22. The predicted octanol–water partition coefficient (Wildman–Crippen LogP) is 6.98. The van der Waals surface area contributed by atoms with E-state index in [1.165, 1.54) is 18.2 Å². The first-order chi connectivity index (χ1) is 18.1. The normalized spacial score (nSPS) is 25.3. The Kier molecular flexibility index (Phi) is 5.60. The summed E-state index contributed by atoms with van der Waals surface area (Å²) in [6.07, 6.45) is -11.5. The van der Waals surface area contributed by atoms with E-state index in [0.29, 0.717) is 16.7 Å². The van der Waals surface area contributed by atoms with Crippen LogP contribution in [0.2, 0.25) is 0 Å². The van der Waals surface area contributed by atoms with Gasteiger partial charge in [0.1, 0.15) is 0 Å². The van der Waals surface area contributed by atoms with Crippen molar-refractivity contribution in [2.75, 3.05) is 0 Å². The second-order valence-corrected chi connectivity index (χ2v) is 14.0. The zero-order chi connectivity index (χ0) is 26.8. The molecule has 1 spiro atoms. The molecule has 1 unspecified atom stereocenters. The van der Waals surface area contributed by atoms with Crippen molar-refractivity contribution in [3.8, 4) is 0 Å². The first-order valence-electron chi connectivity index (χ1n) is 11.7. The molecular formula is C29H20F6O2Se. The van der Waals surface area contributed by atoms with Crippen molar-refractivity contribution in [1.82, 2.24) is 0 Å². The fourth-order valence-electron chi connectivity index (χ4n) is 5.52. The summed E-state index contributed by atoms with van der Waals surface area (Å²) in [5.74, 6) is 0. The SMILES string of the molecule is FC(F)(F)C1(C(F)(F)F)O[Se]2(OC(c3ccccc3)(c3ccccc3)[C@@H]2c2ccccc2)c2ccccc21. The second kappa shape index (κ2) is 8.45. The number of fused-ring (bicyclic) bond motifs is 2. The summed E-state index contributed by atoms with van der Waals surface area (Å²) in [7, 11) is 0. The van der Waals surface area contributed by atoms with Crippen LogP contribution in [0.25, 0.3) is 0 Å². The minimum absolute atomic E-state index is 0.144. The Morgan fingerprint density at radius 3 is 1.50 bits per heavy atom.